The molecule has 0 atom stereocenters. The fraction of sp³-hybridized carbons (Fsp3) is 0.538. The van der Waals surface area contributed by atoms with Crippen molar-refractivity contribution < 1.29 is 8.42 Å². The maximum absolute atomic E-state index is 12.6. The molecule has 6 nitrogen and oxygen atoms in total. The minimum absolute atomic E-state index is 0.0598. The summed E-state index contributed by atoms with van der Waals surface area (Å²) in [7, 11) is -1.88. The standard InChI is InChI=1S/C13H18N4O2S2/c1-10-8-20-12(15-10)13(5-3-4-6-13)16-21(18,19)11-7-17(2)9-14-11/h7-9,16H,3-6H2,1-2H3. The lowest BCUT2D eigenvalue weighted by atomic mass is 10.0. The van der Waals surface area contributed by atoms with Crippen LogP contribution < -0.4 is 4.72 Å². The monoisotopic (exact) mass is 326 g/mol. The molecule has 3 rings (SSSR count). The third-order valence-electron chi connectivity index (χ3n) is 3.77. The number of nitrogens with one attached hydrogen (secondary N) is 1. The van der Waals surface area contributed by atoms with Gasteiger partial charge in [0.05, 0.1) is 11.9 Å². The van der Waals surface area contributed by atoms with Gasteiger partial charge in [0.25, 0.3) is 10.0 Å². The molecule has 1 fully saturated rings. The minimum atomic E-state index is -3.64. The van der Waals surface area contributed by atoms with Crippen LogP contribution in [0.5, 0.6) is 0 Å². The molecule has 0 bridgehead atoms. The predicted molar refractivity (Wildman–Crippen MR) is 80.5 cm³/mol. The Morgan fingerprint density at radius 3 is 2.62 bits per heavy atom. The molecule has 1 aliphatic carbocycles. The topological polar surface area (TPSA) is 76.9 Å². The molecule has 2 aromatic heterocycles. The summed E-state index contributed by atoms with van der Waals surface area (Å²) in [6, 6.07) is 0. The normalized spacial score (nSPS) is 18.2. The Hall–Kier alpha value is -1.25. The number of nitrogens with zero attached hydrogens (tertiary/aromatic N) is 3. The van der Waals surface area contributed by atoms with Gasteiger partial charge >= 0.3 is 0 Å². The number of hydrogen-bond acceptors (Lipinski definition) is 5. The summed E-state index contributed by atoms with van der Waals surface area (Å²) in [5.41, 5.74) is 0.355. The first-order valence-corrected chi connectivity index (χ1v) is 9.22. The third kappa shape index (κ3) is 2.75. The molecular formula is C13H18N4O2S2. The second kappa shape index (κ2) is 5.19. The Kier molecular flexibility index (Phi) is 3.62. The maximum Gasteiger partial charge on any atom is 0.260 e. The molecule has 1 aliphatic rings. The molecule has 1 saturated carbocycles. The van der Waals surface area contributed by atoms with Gasteiger partial charge in [-0.25, -0.2) is 18.4 Å². The van der Waals surface area contributed by atoms with Gasteiger partial charge in [0, 0.05) is 24.3 Å². The second-order valence-electron chi connectivity index (χ2n) is 5.57. The zero-order valence-corrected chi connectivity index (χ0v) is 13.7. The highest BCUT2D eigenvalue weighted by Crippen LogP contribution is 2.41. The summed E-state index contributed by atoms with van der Waals surface area (Å²) >= 11 is 1.52. The highest BCUT2D eigenvalue weighted by molar-refractivity contribution is 7.89. The Morgan fingerprint density at radius 1 is 1.38 bits per heavy atom. The van der Waals surface area contributed by atoms with Crippen molar-refractivity contribution in [1.29, 1.82) is 0 Å². The van der Waals surface area contributed by atoms with Crippen molar-refractivity contribution in [3.63, 3.8) is 0 Å². The molecule has 21 heavy (non-hydrogen) atoms. The zero-order chi connectivity index (χ0) is 15.1. The number of rotatable bonds is 4. The SMILES string of the molecule is Cc1csc(C2(NS(=O)(=O)c3cn(C)cn3)CCCC2)n1. The molecule has 0 aromatic carbocycles. The van der Waals surface area contributed by atoms with Gasteiger partial charge in [0.15, 0.2) is 5.03 Å². The van der Waals surface area contributed by atoms with Crippen LogP contribution in [0.2, 0.25) is 0 Å². The first-order chi connectivity index (χ1) is 9.91. The summed E-state index contributed by atoms with van der Waals surface area (Å²) in [6.07, 6.45) is 6.58. The number of thiazole rings is 1. The van der Waals surface area contributed by atoms with E-state index in [0.29, 0.717) is 0 Å². The summed E-state index contributed by atoms with van der Waals surface area (Å²) < 4.78 is 29.7. The molecule has 0 radical (unpaired) electrons. The molecule has 114 valence electrons. The molecule has 0 aliphatic heterocycles. The summed E-state index contributed by atoms with van der Waals surface area (Å²) in [5, 5.41) is 2.88. The molecule has 0 unspecified atom stereocenters. The van der Waals surface area contributed by atoms with Gasteiger partial charge in [0.1, 0.15) is 5.01 Å². The van der Waals surface area contributed by atoms with Gasteiger partial charge < -0.3 is 4.57 Å². The number of aryl methyl sites for hydroxylation is 2. The Labute approximate surface area is 128 Å². The van der Waals surface area contributed by atoms with E-state index in [2.05, 4.69) is 14.7 Å². The fourth-order valence-corrected chi connectivity index (χ4v) is 5.24. The molecule has 0 spiro atoms. The number of hydrogen-bond donors (Lipinski definition) is 1. The van der Waals surface area contributed by atoms with Crippen LogP contribution in [0.25, 0.3) is 0 Å². The first-order valence-electron chi connectivity index (χ1n) is 6.86. The lowest BCUT2D eigenvalue weighted by Crippen LogP contribution is -2.43. The van der Waals surface area contributed by atoms with Crippen LogP contribution in [0.3, 0.4) is 0 Å². The lowest BCUT2D eigenvalue weighted by molar-refractivity contribution is 0.401. The van der Waals surface area contributed by atoms with E-state index in [0.717, 1.165) is 36.4 Å². The average molecular weight is 326 g/mol. The van der Waals surface area contributed by atoms with Crippen LogP contribution >= 0.6 is 11.3 Å². The van der Waals surface area contributed by atoms with E-state index in [4.69, 9.17) is 0 Å². The van der Waals surface area contributed by atoms with Crippen LogP contribution in [0.4, 0.5) is 0 Å². The summed E-state index contributed by atoms with van der Waals surface area (Å²) in [5.74, 6) is 0. The first kappa shape index (κ1) is 14.7. The molecule has 2 heterocycles. The van der Waals surface area contributed by atoms with E-state index in [1.807, 2.05) is 12.3 Å². The van der Waals surface area contributed by atoms with Gasteiger partial charge in [-0.1, -0.05) is 12.8 Å². The summed E-state index contributed by atoms with van der Waals surface area (Å²) in [4.78, 5) is 8.47. The predicted octanol–water partition coefficient (Wildman–Crippen LogP) is 1.93. The van der Waals surface area contributed by atoms with Gasteiger partial charge in [0.2, 0.25) is 0 Å². The third-order valence-corrected chi connectivity index (χ3v) is 6.36. The van der Waals surface area contributed by atoms with Gasteiger partial charge in [-0.3, -0.25) is 0 Å². The van der Waals surface area contributed by atoms with Crippen molar-refractivity contribution in [2.75, 3.05) is 0 Å². The van der Waals surface area contributed by atoms with Crippen LogP contribution in [0, 0.1) is 6.92 Å². The molecular weight excluding hydrogens is 308 g/mol. The van der Waals surface area contributed by atoms with Crippen LogP contribution in [-0.4, -0.2) is 23.0 Å². The fourth-order valence-electron chi connectivity index (χ4n) is 2.75. The molecule has 1 N–H and O–H groups in total. The van der Waals surface area contributed by atoms with Crippen LogP contribution in [0.15, 0.2) is 22.9 Å². The smallest absolute Gasteiger partial charge is 0.260 e. The van der Waals surface area contributed by atoms with E-state index < -0.39 is 15.6 Å². The number of aromatic nitrogens is 3. The van der Waals surface area contributed by atoms with Crippen molar-refractivity contribution in [3.05, 3.63) is 28.6 Å². The molecule has 8 heteroatoms. The van der Waals surface area contributed by atoms with Gasteiger partial charge in [-0.2, -0.15) is 4.72 Å². The Balaban J connectivity index is 1.96. The van der Waals surface area contributed by atoms with E-state index in [1.165, 1.54) is 23.9 Å². The lowest BCUT2D eigenvalue weighted by Gasteiger charge is -2.27. The highest BCUT2D eigenvalue weighted by atomic mass is 32.2. The summed E-state index contributed by atoms with van der Waals surface area (Å²) in [6.45, 7) is 1.93. The highest BCUT2D eigenvalue weighted by Gasteiger charge is 2.42. The van der Waals surface area contributed by atoms with Gasteiger partial charge in [-0.15, -0.1) is 11.3 Å². The van der Waals surface area contributed by atoms with E-state index in [-0.39, 0.29) is 5.03 Å². The quantitative estimate of drug-likeness (QED) is 0.931. The Bertz CT molecular complexity index is 742. The number of sulfonamides is 1. The van der Waals surface area contributed by atoms with Crippen molar-refractivity contribution in [2.24, 2.45) is 7.05 Å². The van der Waals surface area contributed by atoms with E-state index >= 15 is 0 Å². The largest absolute Gasteiger partial charge is 0.339 e. The van der Waals surface area contributed by atoms with Crippen molar-refractivity contribution >= 4 is 21.4 Å². The van der Waals surface area contributed by atoms with Crippen LogP contribution in [-0.2, 0) is 22.6 Å². The van der Waals surface area contributed by atoms with Crippen molar-refractivity contribution in [2.45, 2.75) is 43.2 Å². The molecule has 0 amide bonds. The van der Waals surface area contributed by atoms with Crippen LogP contribution in [0.1, 0.15) is 36.4 Å². The van der Waals surface area contributed by atoms with Gasteiger partial charge in [-0.05, 0) is 19.8 Å². The zero-order valence-electron chi connectivity index (χ0n) is 12.0. The van der Waals surface area contributed by atoms with E-state index in [1.54, 1.807) is 11.6 Å². The second-order valence-corrected chi connectivity index (χ2v) is 8.05. The molecule has 2 aromatic rings. The number of imidazole rings is 1. The molecule has 0 saturated heterocycles. The average Bonchev–Trinajstić information content (AvgIpc) is 3.10. The maximum atomic E-state index is 12.6. The van der Waals surface area contributed by atoms with Crippen molar-refractivity contribution in [1.82, 2.24) is 19.3 Å². The van der Waals surface area contributed by atoms with Crippen molar-refractivity contribution in [3.8, 4) is 0 Å². The van der Waals surface area contributed by atoms with E-state index in [9.17, 15) is 8.42 Å². The Morgan fingerprint density at radius 2 is 2.10 bits per heavy atom. The minimum Gasteiger partial charge on any atom is -0.339 e.